The number of ether oxygens (including phenoxy) is 1. The van der Waals surface area contributed by atoms with E-state index in [-0.39, 0.29) is 6.10 Å². The summed E-state index contributed by atoms with van der Waals surface area (Å²) in [7, 11) is 0. The van der Waals surface area contributed by atoms with Crippen molar-refractivity contribution in [1.82, 2.24) is 0 Å². The molecule has 0 aliphatic heterocycles. The number of carbonyl (C=O) groups is 1. The van der Waals surface area contributed by atoms with Gasteiger partial charge in [-0.05, 0) is 48.1 Å². The summed E-state index contributed by atoms with van der Waals surface area (Å²) in [5.74, 6) is -0.903. The highest BCUT2D eigenvalue weighted by Gasteiger charge is 2.20. The normalized spacial score (nSPS) is 17.2. The Morgan fingerprint density at radius 1 is 1.19 bits per heavy atom. The molecule has 1 atom stereocenters. The predicted octanol–water partition coefficient (Wildman–Crippen LogP) is 3.98. The summed E-state index contributed by atoms with van der Waals surface area (Å²) in [6, 6.07) is 15.3. The summed E-state index contributed by atoms with van der Waals surface area (Å²) < 4.78 is 6.04. The Balaban J connectivity index is 1.71. The van der Waals surface area contributed by atoms with Crippen LogP contribution in [0.2, 0.25) is 0 Å². The van der Waals surface area contributed by atoms with E-state index in [4.69, 9.17) is 9.84 Å². The van der Waals surface area contributed by atoms with Crippen molar-refractivity contribution >= 4 is 5.97 Å². The molecule has 0 radical (unpaired) electrons. The van der Waals surface area contributed by atoms with Gasteiger partial charge < -0.3 is 9.84 Å². The largest absolute Gasteiger partial charge is 0.478 e. The zero-order chi connectivity index (χ0) is 14.7. The van der Waals surface area contributed by atoms with Gasteiger partial charge in [0.15, 0.2) is 0 Å². The van der Waals surface area contributed by atoms with Crippen molar-refractivity contribution in [3.8, 4) is 0 Å². The van der Waals surface area contributed by atoms with Crippen LogP contribution in [0.4, 0.5) is 0 Å². The number of fused-ring (bicyclic) bond motifs is 1. The Hall–Kier alpha value is -2.13. The quantitative estimate of drug-likeness (QED) is 0.922. The van der Waals surface area contributed by atoms with Gasteiger partial charge in [-0.15, -0.1) is 0 Å². The zero-order valence-corrected chi connectivity index (χ0v) is 11.8. The minimum Gasteiger partial charge on any atom is -0.478 e. The molecule has 0 bridgehead atoms. The van der Waals surface area contributed by atoms with Crippen LogP contribution < -0.4 is 0 Å². The first kappa shape index (κ1) is 13.8. The lowest BCUT2D eigenvalue weighted by molar-refractivity contribution is 0.0282. The van der Waals surface area contributed by atoms with Crippen LogP contribution >= 0.6 is 0 Å². The summed E-state index contributed by atoms with van der Waals surface area (Å²) in [4.78, 5) is 11.0. The SMILES string of the molecule is O=C(O)c1cccc(COC2CCCc3ccccc32)c1. The molecule has 2 aromatic rings. The Bertz CT molecular complexity index is 648. The van der Waals surface area contributed by atoms with Crippen molar-refractivity contribution in [1.29, 1.82) is 0 Å². The van der Waals surface area contributed by atoms with E-state index in [0.717, 1.165) is 24.8 Å². The number of hydrogen-bond acceptors (Lipinski definition) is 2. The number of rotatable bonds is 4. The van der Waals surface area contributed by atoms with Gasteiger partial charge >= 0.3 is 5.97 Å². The lowest BCUT2D eigenvalue weighted by Crippen LogP contribution is -2.12. The molecule has 0 saturated heterocycles. The number of carboxylic acids is 1. The van der Waals surface area contributed by atoms with Gasteiger partial charge in [-0.2, -0.15) is 0 Å². The summed E-state index contributed by atoms with van der Waals surface area (Å²) in [5.41, 5.74) is 3.85. The molecule has 3 heteroatoms. The Morgan fingerprint density at radius 2 is 2.05 bits per heavy atom. The van der Waals surface area contributed by atoms with E-state index in [1.807, 2.05) is 12.1 Å². The summed E-state index contributed by atoms with van der Waals surface area (Å²) in [6.07, 6.45) is 3.39. The Kier molecular flexibility index (Phi) is 4.02. The molecule has 3 nitrogen and oxygen atoms in total. The second-order valence-corrected chi connectivity index (χ2v) is 5.40. The second-order valence-electron chi connectivity index (χ2n) is 5.40. The van der Waals surface area contributed by atoms with E-state index in [1.165, 1.54) is 11.1 Å². The molecule has 0 fully saturated rings. The fourth-order valence-electron chi connectivity index (χ4n) is 2.87. The van der Waals surface area contributed by atoms with Crippen molar-refractivity contribution in [3.05, 3.63) is 70.8 Å². The third-order valence-electron chi connectivity index (χ3n) is 3.94. The molecule has 21 heavy (non-hydrogen) atoms. The van der Waals surface area contributed by atoms with Gasteiger partial charge in [0.1, 0.15) is 0 Å². The third kappa shape index (κ3) is 3.14. The first-order valence-electron chi connectivity index (χ1n) is 7.25. The van der Waals surface area contributed by atoms with Crippen molar-refractivity contribution in [2.75, 3.05) is 0 Å². The minimum atomic E-state index is -0.903. The minimum absolute atomic E-state index is 0.114. The van der Waals surface area contributed by atoms with E-state index in [0.29, 0.717) is 12.2 Å². The Morgan fingerprint density at radius 3 is 2.90 bits per heavy atom. The van der Waals surface area contributed by atoms with Crippen molar-refractivity contribution in [2.24, 2.45) is 0 Å². The molecule has 1 N–H and O–H groups in total. The van der Waals surface area contributed by atoms with Gasteiger partial charge in [0, 0.05) is 0 Å². The smallest absolute Gasteiger partial charge is 0.335 e. The highest BCUT2D eigenvalue weighted by Crippen LogP contribution is 2.32. The van der Waals surface area contributed by atoms with E-state index < -0.39 is 5.97 Å². The molecule has 108 valence electrons. The van der Waals surface area contributed by atoms with Crippen molar-refractivity contribution in [3.63, 3.8) is 0 Å². The van der Waals surface area contributed by atoms with Crippen LogP contribution in [0.1, 0.15) is 46.0 Å². The maximum Gasteiger partial charge on any atom is 0.335 e. The van der Waals surface area contributed by atoms with Crippen LogP contribution in [0.15, 0.2) is 48.5 Å². The van der Waals surface area contributed by atoms with Crippen LogP contribution in [-0.4, -0.2) is 11.1 Å². The second kappa shape index (κ2) is 6.10. The predicted molar refractivity (Wildman–Crippen MR) is 80.3 cm³/mol. The molecule has 2 aromatic carbocycles. The maximum absolute atomic E-state index is 11.0. The van der Waals surface area contributed by atoms with Crippen molar-refractivity contribution < 1.29 is 14.6 Å². The number of benzene rings is 2. The number of carboxylic acid groups (broad SMARTS) is 1. The third-order valence-corrected chi connectivity index (χ3v) is 3.94. The molecular weight excluding hydrogens is 264 g/mol. The van der Waals surface area contributed by atoms with Gasteiger partial charge in [0.2, 0.25) is 0 Å². The molecule has 0 aromatic heterocycles. The zero-order valence-electron chi connectivity index (χ0n) is 11.8. The van der Waals surface area contributed by atoms with Gasteiger partial charge in [0.25, 0.3) is 0 Å². The highest BCUT2D eigenvalue weighted by atomic mass is 16.5. The van der Waals surface area contributed by atoms with Gasteiger partial charge in [-0.25, -0.2) is 4.79 Å². The average molecular weight is 282 g/mol. The molecule has 1 unspecified atom stereocenters. The summed E-state index contributed by atoms with van der Waals surface area (Å²) in [6.45, 7) is 0.445. The average Bonchev–Trinajstić information content (AvgIpc) is 2.53. The van der Waals surface area contributed by atoms with Crippen LogP contribution in [0, 0.1) is 0 Å². The lowest BCUT2D eigenvalue weighted by atomic mass is 9.89. The van der Waals surface area contributed by atoms with Gasteiger partial charge in [-0.1, -0.05) is 36.4 Å². The molecule has 1 aliphatic carbocycles. The molecule has 0 saturated carbocycles. The standard InChI is InChI=1S/C18H18O3/c19-18(20)15-8-3-5-13(11-15)12-21-17-10-4-7-14-6-1-2-9-16(14)17/h1-3,5-6,8-9,11,17H,4,7,10,12H2,(H,19,20). The summed E-state index contributed by atoms with van der Waals surface area (Å²) in [5, 5.41) is 9.02. The van der Waals surface area contributed by atoms with E-state index in [9.17, 15) is 4.79 Å². The van der Waals surface area contributed by atoms with Crippen LogP contribution in [-0.2, 0) is 17.8 Å². The lowest BCUT2D eigenvalue weighted by Gasteiger charge is -2.25. The first-order valence-corrected chi connectivity index (χ1v) is 7.25. The molecule has 3 rings (SSSR count). The summed E-state index contributed by atoms with van der Waals surface area (Å²) >= 11 is 0. The molecule has 1 aliphatic rings. The van der Waals surface area contributed by atoms with E-state index in [2.05, 4.69) is 18.2 Å². The molecule has 0 spiro atoms. The van der Waals surface area contributed by atoms with Crippen LogP contribution in [0.5, 0.6) is 0 Å². The van der Waals surface area contributed by atoms with Crippen LogP contribution in [0.3, 0.4) is 0 Å². The van der Waals surface area contributed by atoms with E-state index >= 15 is 0 Å². The maximum atomic E-state index is 11.0. The van der Waals surface area contributed by atoms with Crippen LogP contribution in [0.25, 0.3) is 0 Å². The number of aromatic carboxylic acids is 1. The highest BCUT2D eigenvalue weighted by molar-refractivity contribution is 5.87. The fourth-order valence-corrected chi connectivity index (χ4v) is 2.87. The molecular formula is C18H18O3. The molecule has 0 heterocycles. The van der Waals surface area contributed by atoms with Gasteiger partial charge in [0.05, 0.1) is 18.3 Å². The van der Waals surface area contributed by atoms with E-state index in [1.54, 1.807) is 18.2 Å². The fraction of sp³-hybridized carbons (Fsp3) is 0.278. The number of hydrogen-bond donors (Lipinski definition) is 1. The topological polar surface area (TPSA) is 46.5 Å². The number of aryl methyl sites for hydroxylation is 1. The van der Waals surface area contributed by atoms with Crippen molar-refractivity contribution in [2.45, 2.75) is 32.0 Å². The molecule has 0 amide bonds. The van der Waals surface area contributed by atoms with Gasteiger partial charge in [-0.3, -0.25) is 0 Å². The Labute approximate surface area is 124 Å². The first-order chi connectivity index (χ1) is 10.2. The monoisotopic (exact) mass is 282 g/mol.